The van der Waals surface area contributed by atoms with Gasteiger partial charge in [-0.05, 0) is 87.7 Å². The number of hydrogen-bond acceptors (Lipinski definition) is 6. The van der Waals surface area contributed by atoms with Crippen LogP contribution in [0.4, 0.5) is 5.69 Å². The summed E-state index contributed by atoms with van der Waals surface area (Å²) in [5.41, 5.74) is 3.15. The van der Waals surface area contributed by atoms with E-state index in [9.17, 15) is 14.7 Å². The van der Waals surface area contributed by atoms with Crippen LogP contribution < -0.4 is 19.1 Å². The number of anilines is 1. The number of benzene rings is 3. The summed E-state index contributed by atoms with van der Waals surface area (Å²) in [6.45, 7) is 9.89. The molecule has 3 aromatic carbocycles. The summed E-state index contributed by atoms with van der Waals surface area (Å²) in [5, 5.41) is 11.6. The molecule has 0 bridgehead atoms. The number of rotatable bonds is 8. The molecule has 1 saturated heterocycles. The summed E-state index contributed by atoms with van der Waals surface area (Å²) in [5.74, 6) is 0.195. The number of ketones is 1. The lowest BCUT2D eigenvalue weighted by Crippen LogP contribution is -2.29. The number of amides is 1. The van der Waals surface area contributed by atoms with E-state index in [-0.39, 0.29) is 17.4 Å². The summed E-state index contributed by atoms with van der Waals surface area (Å²) in [6, 6.07) is 17.0. The molecule has 7 nitrogen and oxygen atoms in total. The van der Waals surface area contributed by atoms with Crippen molar-refractivity contribution in [2.75, 3.05) is 18.6 Å². The molecule has 7 heteroatoms. The Morgan fingerprint density at radius 2 is 1.68 bits per heavy atom. The monoisotopic (exact) mass is 515 g/mol. The average Bonchev–Trinajstić information content (AvgIpc) is 3.15. The van der Waals surface area contributed by atoms with Gasteiger partial charge in [-0.1, -0.05) is 18.2 Å². The molecular weight excluding hydrogens is 482 g/mol. The van der Waals surface area contributed by atoms with E-state index in [4.69, 9.17) is 14.2 Å². The van der Waals surface area contributed by atoms with Crippen LogP contribution in [0.25, 0.3) is 5.76 Å². The predicted octanol–water partition coefficient (Wildman–Crippen LogP) is 6.12. The largest absolute Gasteiger partial charge is 0.507 e. The minimum atomic E-state index is -0.859. The van der Waals surface area contributed by atoms with Gasteiger partial charge in [0.15, 0.2) is 0 Å². The zero-order valence-corrected chi connectivity index (χ0v) is 22.6. The number of hydrogen-bond donors (Lipinski definition) is 1. The van der Waals surface area contributed by atoms with Crippen molar-refractivity contribution in [3.05, 3.63) is 88.5 Å². The molecule has 1 unspecified atom stereocenters. The fourth-order valence-corrected chi connectivity index (χ4v) is 4.71. The predicted molar refractivity (Wildman–Crippen MR) is 147 cm³/mol. The quantitative estimate of drug-likeness (QED) is 0.221. The highest BCUT2D eigenvalue weighted by molar-refractivity contribution is 6.51. The minimum absolute atomic E-state index is 0.00548. The molecule has 0 spiro atoms. The first-order valence-electron chi connectivity index (χ1n) is 12.6. The van der Waals surface area contributed by atoms with Gasteiger partial charge in [-0.25, -0.2) is 0 Å². The van der Waals surface area contributed by atoms with Crippen LogP contribution in [0.2, 0.25) is 0 Å². The van der Waals surface area contributed by atoms with Gasteiger partial charge < -0.3 is 19.3 Å². The number of aliphatic hydroxyl groups excluding tert-OH is 1. The molecule has 0 radical (unpaired) electrons. The Morgan fingerprint density at radius 3 is 2.32 bits per heavy atom. The lowest BCUT2D eigenvalue weighted by molar-refractivity contribution is -0.132. The lowest BCUT2D eigenvalue weighted by Gasteiger charge is -2.26. The van der Waals surface area contributed by atoms with Crippen molar-refractivity contribution in [1.29, 1.82) is 0 Å². The SMILES string of the molecule is CCOc1cccc(N2C(=O)C(=O)/C(=C(/O)c3cc(C)c(OC)cc3C)C2c2ccc(OC(C)C)cc2)c1. The van der Waals surface area contributed by atoms with Crippen LogP contribution >= 0.6 is 0 Å². The third-order valence-electron chi connectivity index (χ3n) is 6.42. The summed E-state index contributed by atoms with van der Waals surface area (Å²) >= 11 is 0. The van der Waals surface area contributed by atoms with Gasteiger partial charge in [0.2, 0.25) is 0 Å². The summed E-state index contributed by atoms with van der Waals surface area (Å²) in [6.07, 6.45) is -0.00548. The number of aryl methyl sites for hydroxylation is 2. The zero-order chi connectivity index (χ0) is 27.6. The van der Waals surface area contributed by atoms with Gasteiger partial charge in [-0.2, -0.15) is 0 Å². The second kappa shape index (κ2) is 11.0. The van der Waals surface area contributed by atoms with Crippen molar-refractivity contribution in [2.24, 2.45) is 0 Å². The Morgan fingerprint density at radius 1 is 0.974 bits per heavy atom. The Balaban J connectivity index is 1.92. The van der Waals surface area contributed by atoms with E-state index >= 15 is 0 Å². The fourth-order valence-electron chi connectivity index (χ4n) is 4.71. The molecule has 4 rings (SSSR count). The molecule has 38 heavy (non-hydrogen) atoms. The fraction of sp³-hybridized carbons (Fsp3) is 0.290. The highest BCUT2D eigenvalue weighted by atomic mass is 16.5. The van der Waals surface area contributed by atoms with Crippen LogP contribution in [0.3, 0.4) is 0 Å². The standard InChI is InChI=1S/C31H33NO6/c1-7-37-24-10-8-9-22(17-24)32-28(21-11-13-23(14-12-21)38-18(2)3)27(30(34)31(32)35)29(33)25-15-20(5)26(36-6)16-19(25)4/h8-18,28,33H,7H2,1-6H3/b29-27+. The highest BCUT2D eigenvalue weighted by Gasteiger charge is 2.47. The van der Waals surface area contributed by atoms with Gasteiger partial charge in [0.05, 0.1) is 31.4 Å². The second-order valence-electron chi connectivity index (χ2n) is 9.47. The molecule has 1 heterocycles. The van der Waals surface area contributed by atoms with Crippen LogP contribution in [0, 0.1) is 13.8 Å². The smallest absolute Gasteiger partial charge is 0.300 e. The van der Waals surface area contributed by atoms with Gasteiger partial charge in [0, 0.05) is 17.3 Å². The van der Waals surface area contributed by atoms with E-state index in [1.807, 2.05) is 46.8 Å². The van der Waals surface area contributed by atoms with Gasteiger partial charge in [-0.3, -0.25) is 14.5 Å². The molecule has 3 aromatic rings. The molecular formula is C31H33NO6. The zero-order valence-electron chi connectivity index (χ0n) is 22.6. The minimum Gasteiger partial charge on any atom is -0.507 e. The van der Waals surface area contributed by atoms with E-state index in [2.05, 4.69) is 0 Å². The molecule has 1 N–H and O–H groups in total. The first-order chi connectivity index (χ1) is 18.2. The molecule has 1 aliphatic heterocycles. The number of methoxy groups -OCH3 is 1. The van der Waals surface area contributed by atoms with E-state index in [1.54, 1.807) is 55.6 Å². The number of nitrogens with zero attached hydrogens (tertiary/aromatic N) is 1. The maximum absolute atomic E-state index is 13.5. The van der Waals surface area contributed by atoms with Gasteiger partial charge in [-0.15, -0.1) is 0 Å². The number of carbonyl (C=O) groups is 2. The Bertz CT molecular complexity index is 1390. The van der Waals surface area contributed by atoms with Crippen molar-refractivity contribution in [3.8, 4) is 17.2 Å². The molecule has 0 saturated carbocycles. The van der Waals surface area contributed by atoms with Crippen molar-refractivity contribution >= 4 is 23.1 Å². The van der Waals surface area contributed by atoms with Gasteiger partial charge >= 0.3 is 0 Å². The first kappa shape index (κ1) is 26.8. The third kappa shape index (κ3) is 5.09. The molecule has 1 amide bonds. The second-order valence-corrected chi connectivity index (χ2v) is 9.47. The molecule has 1 fully saturated rings. The van der Waals surface area contributed by atoms with E-state index in [1.165, 1.54) is 4.90 Å². The Labute approximate surface area is 223 Å². The summed E-state index contributed by atoms with van der Waals surface area (Å²) in [4.78, 5) is 28.5. The van der Waals surface area contributed by atoms with Gasteiger partial charge in [0.25, 0.3) is 11.7 Å². The topological polar surface area (TPSA) is 85.3 Å². The van der Waals surface area contributed by atoms with Crippen molar-refractivity contribution < 1.29 is 28.9 Å². The van der Waals surface area contributed by atoms with E-state index < -0.39 is 17.7 Å². The Kier molecular flexibility index (Phi) is 7.76. The number of Topliss-reactive ketones (excluding diaryl/α,β-unsaturated/α-hetero) is 1. The van der Waals surface area contributed by atoms with Crippen LogP contribution in [0.15, 0.2) is 66.2 Å². The van der Waals surface area contributed by atoms with E-state index in [0.29, 0.717) is 46.2 Å². The van der Waals surface area contributed by atoms with Crippen molar-refractivity contribution in [2.45, 2.75) is 46.8 Å². The molecule has 198 valence electrons. The van der Waals surface area contributed by atoms with Crippen LogP contribution in [0.1, 0.15) is 49.1 Å². The maximum atomic E-state index is 13.5. The number of aliphatic hydroxyl groups is 1. The maximum Gasteiger partial charge on any atom is 0.300 e. The highest BCUT2D eigenvalue weighted by Crippen LogP contribution is 2.44. The molecule has 0 aliphatic carbocycles. The van der Waals surface area contributed by atoms with Gasteiger partial charge in [0.1, 0.15) is 23.0 Å². The normalized spacial score (nSPS) is 16.7. The molecule has 0 aromatic heterocycles. The molecule has 1 aliphatic rings. The lowest BCUT2D eigenvalue weighted by atomic mass is 9.93. The van der Waals surface area contributed by atoms with Crippen molar-refractivity contribution in [3.63, 3.8) is 0 Å². The average molecular weight is 516 g/mol. The summed E-state index contributed by atoms with van der Waals surface area (Å²) in [7, 11) is 1.58. The Hall–Kier alpha value is -4.26. The summed E-state index contributed by atoms with van der Waals surface area (Å²) < 4.78 is 16.8. The van der Waals surface area contributed by atoms with Crippen LogP contribution in [-0.2, 0) is 9.59 Å². The van der Waals surface area contributed by atoms with E-state index in [0.717, 1.165) is 5.56 Å². The van der Waals surface area contributed by atoms with Crippen LogP contribution in [0.5, 0.6) is 17.2 Å². The van der Waals surface area contributed by atoms with Crippen molar-refractivity contribution in [1.82, 2.24) is 0 Å². The first-order valence-corrected chi connectivity index (χ1v) is 12.6. The van der Waals surface area contributed by atoms with Crippen LogP contribution in [-0.4, -0.2) is 36.6 Å². The molecule has 1 atom stereocenters. The number of ether oxygens (including phenoxy) is 3. The third-order valence-corrected chi connectivity index (χ3v) is 6.42. The number of carbonyl (C=O) groups excluding carboxylic acids is 2.